The number of nitrogens with zero attached hydrogens (tertiary/aromatic N) is 2. The largest absolute Gasteiger partial charge is 0.379 e. The van der Waals surface area contributed by atoms with Crippen molar-refractivity contribution in [2.75, 3.05) is 32.8 Å². The minimum atomic E-state index is -3.49. The zero-order valence-corrected chi connectivity index (χ0v) is 16.4. The van der Waals surface area contributed by atoms with E-state index in [0.29, 0.717) is 50.7 Å². The highest BCUT2D eigenvalue weighted by Gasteiger charge is 2.29. The summed E-state index contributed by atoms with van der Waals surface area (Å²) in [6.45, 7) is 8.57. The van der Waals surface area contributed by atoms with Gasteiger partial charge in [0.05, 0.1) is 18.1 Å². The molecule has 1 N–H and O–H groups in total. The van der Waals surface area contributed by atoms with Gasteiger partial charge in [0.25, 0.3) is 0 Å². The molecule has 2 amide bonds. The smallest absolute Gasteiger partial charge is 0.318 e. The number of morpholine rings is 1. The van der Waals surface area contributed by atoms with E-state index in [1.165, 1.54) is 4.31 Å². The second-order valence-corrected chi connectivity index (χ2v) is 9.74. The average molecular weight is 381 g/mol. The predicted octanol–water partition coefficient (Wildman–Crippen LogP) is 1.57. The highest BCUT2D eigenvalue weighted by Crippen LogP contribution is 2.25. The Hall–Kier alpha value is -1.64. The number of urea groups is 1. The normalized spacial score (nSPS) is 19.1. The number of sulfonamides is 1. The third-order valence-electron chi connectivity index (χ3n) is 4.57. The van der Waals surface area contributed by atoms with Crippen molar-refractivity contribution in [3.63, 3.8) is 0 Å². The molecule has 1 saturated heterocycles. The molecule has 0 saturated carbocycles. The Balaban J connectivity index is 1.76. The molecule has 2 heterocycles. The zero-order chi connectivity index (χ0) is 18.9. The molecule has 0 bridgehead atoms. The van der Waals surface area contributed by atoms with E-state index in [1.54, 1.807) is 17.0 Å². The first kappa shape index (κ1) is 19.1. The van der Waals surface area contributed by atoms with E-state index in [0.717, 1.165) is 11.1 Å². The molecule has 0 spiro atoms. The number of nitrogens with one attached hydrogen (secondary N) is 1. The molecule has 0 unspecified atom stereocenters. The molecule has 144 valence electrons. The molecule has 3 rings (SSSR count). The molecule has 0 aromatic heterocycles. The third-order valence-corrected chi connectivity index (χ3v) is 6.46. The van der Waals surface area contributed by atoms with Crippen molar-refractivity contribution >= 4 is 16.1 Å². The second kappa shape index (κ2) is 7.17. The number of amides is 2. The highest BCUT2D eigenvalue weighted by molar-refractivity contribution is 7.89. The van der Waals surface area contributed by atoms with Crippen LogP contribution in [-0.4, -0.2) is 62.0 Å². The number of fused-ring (bicyclic) bond motifs is 1. The second-order valence-electron chi connectivity index (χ2n) is 7.80. The van der Waals surface area contributed by atoms with Crippen LogP contribution in [0.1, 0.15) is 31.9 Å². The third kappa shape index (κ3) is 4.19. The molecule has 0 atom stereocenters. The van der Waals surface area contributed by atoms with Crippen LogP contribution in [0.2, 0.25) is 0 Å². The lowest BCUT2D eigenvalue weighted by Gasteiger charge is -2.32. The molecule has 1 fully saturated rings. The minimum Gasteiger partial charge on any atom is -0.379 e. The van der Waals surface area contributed by atoms with E-state index in [4.69, 9.17) is 4.74 Å². The number of rotatable bonds is 2. The van der Waals surface area contributed by atoms with E-state index in [2.05, 4.69) is 5.32 Å². The minimum absolute atomic E-state index is 0.0897. The van der Waals surface area contributed by atoms with Gasteiger partial charge in [0, 0.05) is 31.7 Å². The van der Waals surface area contributed by atoms with E-state index in [-0.39, 0.29) is 11.6 Å². The fourth-order valence-electron chi connectivity index (χ4n) is 3.20. The number of carbonyl (C=O) groups is 1. The fourth-order valence-corrected chi connectivity index (χ4v) is 4.66. The Labute approximate surface area is 155 Å². The molecular formula is C18H27N3O4S. The number of hydrogen-bond donors (Lipinski definition) is 1. The van der Waals surface area contributed by atoms with Gasteiger partial charge in [0.15, 0.2) is 0 Å². The van der Waals surface area contributed by atoms with Crippen molar-refractivity contribution in [1.82, 2.24) is 14.5 Å². The number of ether oxygens (including phenoxy) is 1. The van der Waals surface area contributed by atoms with Gasteiger partial charge in [0.2, 0.25) is 10.0 Å². The summed E-state index contributed by atoms with van der Waals surface area (Å²) in [7, 11) is -3.49. The Kier molecular flexibility index (Phi) is 5.28. The van der Waals surface area contributed by atoms with Gasteiger partial charge in [-0.3, -0.25) is 0 Å². The van der Waals surface area contributed by atoms with Crippen LogP contribution in [0.5, 0.6) is 0 Å². The predicted molar refractivity (Wildman–Crippen MR) is 98.4 cm³/mol. The molecule has 2 aliphatic rings. The fraction of sp³-hybridized carbons (Fsp3) is 0.611. The summed E-state index contributed by atoms with van der Waals surface area (Å²) in [6.07, 6.45) is 0.652. The van der Waals surface area contributed by atoms with E-state index < -0.39 is 10.0 Å². The summed E-state index contributed by atoms with van der Waals surface area (Å²) >= 11 is 0. The van der Waals surface area contributed by atoms with Crippen LogP contribution >= 0.6 is 0 Å². The summed E-state index contributed by atoms with van der Waals surface area (Å²) in [5.74, 6) is 0. The van der Waals surface area contributed by atoms with Crippen LogP contribution in [0.25, 0.3) is 0 Å². The molecule has 26 heavy (non-hydrogen) atoms. The van der Waals surface area contributed by atoms with Gasteiger partial charge in [-0.25, -0.2) is 13.2 Å². The van der Waals surface area contributed by atoms with Gasteiger partial charge in [-0.05, 0) is 50.5 Å². The first-order valence-electron chi connectivity index (χ1n) is 8.94. The SMILES string of the molecule is CC(C)(C)NC(=O)N1CCc2cc(S(=O)(=O)N3CCOCC3)ccc2C1. The van der Waals surface area contributed by atoms with Crippen LogP contribution in [0.3, 0.4) is 0 Å². The van der Waals surface area contributed by atoms with Gasteiger partial charge in [-0.2, -0.15) is 4.31 Å². The number of carbonyl (C=O) groups excluding carboxylic acids is 1. The Bertz CT molecular complexity index is 780. The summed E-state index contributed by atoms with van der Waals surface area (Å²) < 4.78 is 32.3. The summed E-state index contributed by atoms with van der Waals surface area (Å²) in [5, 5.41) is 2.97. The van der Waals surface area contributed by atoms with Crippen molar-refractivity contribution < 1.29 is 17.9 Å². The molecule has 1 aromatic carbocycles. The van der Waals surface area contributed by atoms with Crippen molar-refractivity contribution in [2.24, 2.45) is 0 Å². The molecular weight excluding hydrogens is 354 g/mol. The van der Waals surface area contributed by atoms with Gasteiger partial charge >= 0.3 is 6.03 Å². The van der Waals surface area contributed by atoms with Crippen molar-refractivity contribution in [1.29, 1.82) is 0 Å². The molecule has 0 radical (unpaired) electrons. The lowest BCUT2D eigenvalue weighted by atomic mass is 10.00. The topological polar surface area (TPSA) is 79.0 Å². The van der Waals surface area contributed by atoms with Crippen molar-refractivity contribution in [3.05, 3.63) is 29.3 Å². The van der Waals surface area contributed by atoms with E-state index >= 15 is 0 Å². The highest BCUT2D eigenvalue weighted by atomic mass is 32.2. The lowest BCUT2D eigenvalue weighted by Crippen LogP contribution is -2.49. The van der Waals surface area contributed by atoms with E-state index in [1.807, 2.05) is 26.8 Å². The zero-order valence-electron chi connectivity index (χ0n) is 15.6. The van der Waals surface area contributed by atoms with Crippen LogP contribution in [0.4, 0.5) is 4.79 Å². The quantitative estimate of drug-likeness (QED) is 0.843. The van der Waals surface area contributed by atoms with Gasteiger partial charge in [0.1, 0.15) is 0 Å². The Morgan fingerprint density at radius 3 is 2.46 bits per heavy atom. The monoisotopic (exact) mass is 381 g/mol. The number of hydrogen-bond acceptors (Lipinski definition) is 4. The molecule has 7 nitrogen and oxygen atoms in total. The molecule has 8 heteroatoms. The lowest BCUT2D eigenvalue weighted by molar-refractivity contribution is 0.0730. The first-order chi connectivity index (χ1) is 12.2. The Morgan fingerprint density at radius 2 is 1.81 bits per heavy atom. The summed E-state index contributed by atoms with van der Waals surface area (Å²) in [6, 6.07) is 5.15. The molecule has 2 aliphatic heterocycles. The van der Waals surface area contributed by atoms with Crippen LogP contribution in [0, 0.1) is 0 Å². The molecule has 0 aliphatic carbocycles. The van der Waals surface area contributed by atoms with Crippen LogP contribution in [-0.2, 0) is 27.7 Å². The molecule has 1 aromatic rings. The average Bonchev–Trinajstić information content (AvgIpc) is 2.60. The first-order valence-corrected chi connectivity index (χ1v) is 10.4. The van der Waals surface area contributed by atoms with Crippen LogP contribution in [0.15, 0.2) is 23.1 Å². The maximum absolute atomic E-state index is 12.8. The van der Waals surface area contributed by atoms with Gasteiger partial charge in [-0.1, -0.05) is 6.07 Å². The maximum Gasteiger partial charge on any atom is 0.318 e. The van der Waals surface area contributed by atoms with Crippen molar-refractivity contribution in [2.45, 2.75) is 44.2 Å². The maximum atomic E-state index is 12.8. The van der Waals surface area contributed by atoms with Gasteiger partial charge < -0.3 is 15.0 Å². The Morgan fingerprint density at radius 1 is 1.12 bits per heavy atom. The van der Waals surface area contributed by atoms with E-state index in [9.17, 15) is 13.2 Å². The van der Waals surface area contributed by atoms with Gasteiger partial charge in [-0.15, -0.1) is 0 Å². The summed E-state index contributed by atoms with van der Waals surface area (Å²) in [5.41, 5.74) is 1.72. The van der Waals surface area contributed by atoms with Crippen LogP contribution < -0.4 is 5.32 Å². The summed E-state index contributed by atoms with van der Waals surface area (Å²) in [4.78, 5) is 14.4. The standard InChI is InChI=1S/C18H27N3O4S/c1-18(2,3)19-17(22)20-7-6-14-12-16(5-4-15(14)13-20)26(23,24)21-8-10-25-11-9-21/h4-5,12H,6-11,13H2,1-3H3,(H,19,22). The number of benzene rings is 1. The van der Waals surface area contributed by atoms with Crippen molar-refractivity contribution in [3.8, 4) is 0 Å².